The summed E-state index contributed by atoms with van der Waals surface area (Å²) in [4.78, 5) is 29.2. The zero-order chi connectivity index (χ0) is 22.7. The van der Waals surface area contributed by atoms with Gasteiger partial charge in [-0.05, 0) is 30.3 Å². The van der Waals surface area contributed by atoms with E-state index in [2.05, 4.69) is 15.4 Å². The first-order chi connectivity index (χ1) is 15.5. The van der Waals surface area contributed by atoms with Gasteiger partial charge in [0.15, 0.2) is 0 Å². The Hall–Kier alpha value is -3.87. The molecular weight excluding hydrogens is 450 g/mol. The van der Waals surface area contributed by atoms with Crippen molar-refractivity contribution in [3.05, 3.63) is 85.4 Å². The summed E-state index contributed by atoms with van der Waals surface area (Å²) in [6.07, 6.45) is 1.32. The number of ether oxygens (including phenoxy) is 1. The predicted octanol–water partition coefficient (Wildman–Crippen LogP) is 4.13. The number of pyridine rings is 1. The van der Waals surface area contributed by atoms with Crippen LogP contribution in [0.2, 0.25) is 4.34 Å². The molecule has 0 amide bonds. The number of nitriles is 1. The second-order valence-electron chi connectivity index (χ2n) is 6.63. The first-order valence-electron chi connectivity index (χ1n) is 9.39. The average Bonchev–Trinajstić information content (AvgIpc) is 3.43. The summed E-state index contributed by atoms with van der Waals surface area (Å²) in [7, 11) is 1.48. The number of H-pyrrole nitrogens is 1. The number of hydrogen-bond donors (Lipinski definition) is 2. The minimum Gasteiger partial charge on any atom is -0.496 e. The smallest absolute Gasteiger partial charge is 0.283 e. The molecule has 0 aliphatic rings. The number of aromatic nitrogens is 3. The van der Waals surface area contributed by atoms with Crippen LogP contribution in [-0.4, -0.2) is 27.8 Å². The summed E-state index contributed by atoms with van der Waals surface area (Å²) in [6, 6.07) is 15.5. The van der Waals surface area contributed by atoms with Gasteiger partial charge in [0.2, 0.25) is 0 Å². The maximum Gasteiger partial charge on any atom is 0.283 e. The lowest BCUT2D eigenvalue weighted by Gasteiger charge is -2.10. The zero-order valence-corrected chi connectivity index (χ0v) is 18.3. The molecule has 0 saturated carbocycles. The van der Waals surface area contributed by atoms with Crippen molar-refractivity contribution in [1.82, 2.24) is 14.8 Å². The van der Waals surface area contributed by atoms with Gasteiger partial charge in [-0.3, -0.25) is 9.59 Å². The van der Waals surface area contributed by atoms with Crippen molar-refractivity contribution in [2.75, 3.05) is 12.4 Å². The van der Waals surface area contributed by atoms with Crippen LogP contribution in [0.1, 0.15) is 20.8 Å². The van der Waals surface area contributed by atoms with Gasteiger partial charge in [0, 0.05) is 17.1 Å². The molecule has 32 heavy (non-hydrogen) atoms. The number of nitrogens with one attached hydrogen (secondary N) is 2. The Morgan fingerprint density at radius 3 is 2.84 bits per heavy atom. The predicted molar refractivity (Wildman–Crippen MR) is 122 cm³/mol. The number of aromatic amines is 1. The molecule has 3 heterocycles. The molecule has 0 bridgehead atoms. The third-order valence-electron chi connectivity index (χ3n) is 4.62. The topological polar surface area (TPSA) is 113 Å². The number of rotatable bonds is 6. The van der Waals surface area contributed by atoms with E-state index in [0.717, 1.165) is 4.88 Å². The number of para-hydroxylation sites is 1. The number of thiophene rings is 1. The molecular formula is C22H16ClN5O3S. The number of anilines is 1. The van der Waals surface area contributed by atoms with Crippen LogP contribution in [-0.2, 0) is 6.54 Å². The van der Waals surface area contributed by atoms with Gasteiger partial charge in [-0.2, -0.15) is 15.0 Å². The van der Waals surface area contributed by atoms with Gasteiger partial charge in [-0.25, -0.2) is 0 Å². The zero-order valence-electron chi connectivity index (χ0n) is 16.8. The van der Waals surface area contributed by atoms with Crippen molar-refractivity contribution >= 4 is 34.7 Å². The van der Waals surface area contributed by atoms with Crippen LogP contribution in [0.25, 0.3) is 11.3 Å². The molecule has 0 unspecified atom stereocenters. The van der Waals surface area contributed by atoms with Gasteiger partial charge in [-0.1, -0.05) is 23.7 Å². The number of carbonyl (C=O) groups is 1. The molecule has 0 fully saturated rings. The highest BCUT2D eigenvalue weighted by molar-refractivity contribution is 7.16. The van der Waals surface area contributed by atoms with Gasteiger partial charge < -0.3 is 15.0 Å². The lowest BCUT2D eigenvalue weighted by atomic mass is 10.1. The van der Waals surface area contributed by atoms with Gasteiger partial charge >= 0.3 is 0 Å². The first kappa shape index (κ1) is 21.4. The molecule has 3 aromatic heterocycles. The van der Waals surface area contributed by atoms with E-state index >= 15 is 0 Å². The van der Waals surface area contributed by atoms with E-state index in [1.165, 1.54) is 35.4 Å². The lowest BCUT2D eigenvalue weighted by Crippen LogP contribution is -2.18. The molecule has 160 valence electrons. The minimum absolute atomic E-state index is 0.179. The fourth-order valence-corrected chi connectivity index (χ4v) is 4.12. The molecule has 1 aromatic carbocycles. The SMILES string of the molecule is COc1ccccc1C(=O)n1nc(-c2cc(C#N)c[nH]c2=O)cc1NCc1ccc(Cl)s1. The lowest BCUT2D eigenvalue weighted by molar-refractivity contribution is 0.0945. The van der Waals surface area contributed by atoms with Crippen molar-refractivity contribution in [1.29, 1.82) is 5.26 Å². The first-order valence-corrected chi connectivity index (χ1v) is 10.6. The Kier molecular flexibility index (Phi) is 6.07. The van der Waals surface area contributed by atoms with Crippen LogP contribution in [0.5, 0.6) is 5.75 Å². The van der Waals surface area contributed by atoms with Crippen molar-refractivity contribution in [3.63, 3.8) is 0 Å². The summed E-state index contributed by atoms with van der Waals surface area (Å²) in [5, 5.41) is 16.7. The highest BCUT2D eigenvalue weighted by Gasteiger charge is 2.21. The molecule has 8 nitrogen and oxygen atoms in total. The monoisotopic (exact) mass is 465 g/mol. The Labute approximate surface area is 191 Å². The van der Waals surface area contributed by atoms with Crippen LogP contribution in [0, 0.1) is 11.3 Å². The number of nitrogens with zero attached hydrogens (tertiary/aromatic N) is 3. The molecule has 0 radical (unpaired) electrons. The van der Waals surface area contributed by atoms with Crippen molar-refractivity contribution in [2.24, 2.45) is 0 Å². The van der Waals surface area contributed by atoms with Crippen LogP contribution in [0.4, 0.5) is 5.82 Å². The van der Waals surface area contributed by atoms with Gasteiger partial charge in [0.05, 0.1) is 34.7 Å². The number of methoxy groups -OCH3 is 1. The summed E-state index contributed by atoms with van der Waals surface area (Å²) in [5.41, 5.74) is 0.589. The Morgan fingerprint density at radius 2 is 2.12 bits per heavy atom. The van der Waals surface area contributed by atoms with Crippen molar-refractivity contribution in [3.8, 4) is 23.1 Å². The highest BCUT2D eigenvalue weighted by atomic mass is 35.5. The second kappa shape index (κ2) is 9.09. The van der Waals surface area contributed by atoms with E-state index in [-0.39, 0.29) is 16.8 Å². The van der Waals surface area contributed by atoms with E-state index in [9.17, 15) is 14.9 Å². The second-order valence-corrected chi connectivity index (χ2v) is 8.43. The highest BCUT2D eigenvalue weighted by Crippen LogP contribution is 2.26. The van der Waals surface area contributed by atoms with E-state index in [1.807, 2.05) is 12.1 Å². The van der Waals surface area contributed by atoms with E-state index in [4.69, 9.17) is 16.3 Å². The third kappa shape index (κ3) is 4.27. The Balaban J connectivity index is 1.79. The molecule has 0 atom stereocenters. The number of halogens is 1. The fourth-order valence-electron chi connectivity index (χ4n) is 3.09. The summed E-state index contributed by atoms with van der Waals surface area (Å²) >= 11 is 7.42. The van der Waals surface area contributed by atoms with Crippen molar-refractivity contribution in [2.45, 2.75) is 6.54 Å². The summed E-state index contributed by atoms with van der Waals surface area (Å²) in [5.74, 6) is 0.338. The Morgan fingerprint density at radius 1 is 1.31 bits per heavy atom. The molecule has 0 aliphatic heterocycles. The van der Waals surface area contributed by atoms with Crippen LogP contribution >= 0.6 is 22.9 Å². The molecule has 4 rings (SSSR count). The van der Waals surface area contributed by atoms with E-state index in [1.54, 1.807) is 36.4 Å². The van der Waals surface area contributed by atoms with Crippen LogP contribution < -0.4 is 15.6 Å². The number of carbonyl (C=O) groups excluding carboxylic acids is 1. The maximum absolute atomic E-state index is 13.3. The molecule has 0 spiro atoms. The molecule has 10 heteroatoms. The minimum atomic E-state index is -0.437. The van der Waals surface area contributed by atoms with Crippen LogP contribution in [0.15, 0.2) is 59.5 Å². The number of benzene rings is 1. The third-order valence-corrected chi connectivity index (χ3v) is 5.85. The van der Waals surface area contributed by atoms with Gasteiger partial charge in [-0.15, -0.1) is 11.3 Å². The quantitative estimate of drug-likeness (QED) is 0.442. The standard InChI is InChI=1S/C22H16ClN5O3S/c1-31-18-5-3-2-4-15(18)22(30)28-20(25-12-14-6-7-19(23)32-14)9-17(27-28)16-8-13(10-24)11-26-21(16)29/h2-9,11,25H,12H2,1H3,(H,26,29). The molecule has 2 N–H and O–H groups in total. The largest absolute Gasteiger partial charge is 0.496 e. The van der Waals surface area contributed by atoms with E-state index in [0.29, 0.717) is 28.0 Å². The average molecular weight is 466 g/mol. The molecule has 0 aliphatic carbocycles. The Bertz CT molecular complexity index is 1400. The van der Waals surface area contributed by atoms with Gasteiger partial charge in [0.25, 0.3) is 11.5 Å². The summed E-state index contributed by atoms with van der Waals surface area (Å²) in [6.45, 7) is 0.399. The van der Waals surface area contributed by atoms with Crippen LogP contribution in [0.3, 0.4) is 0 Å². The molecule has 0 saturated heterocycles. The maximum atomic E-state index is 13.3. The van der Waals surface area contributed by atoms with Crippen molar-refractivity contribution < 1.29 is 9.53 Å². The van der Waals surface area contributed by atoms with E-state index < -0.39 is 11.5 Å². The number of hydrogen-bond acceptors (Lipinski definition) is 7. The normalized spacial score (nSPS) is 10.5. The summed E-state index contributed by atoms with van der Waals surface area (Å²) < 4.78 is 7.15. The molecule has 4 aromatic rings. The van der Waals surface area contributed by atoms with Gasteiger partial charge in [0.1, 0.15) is 23.3 Å². The fraction of sp³-hybridized carbons (Fsp3) is 0.0909.